The Morgan fingerprint density at radius 2 is 2.35 bits per heavy atom. The highest BCUT2D eigenvalue weighted by molar-refractivity contribution is 7.71. The van der Waals surface area contributed by atoms with E-state index in [1.165, 1.54) is 6.07 Å². The molecule has 1 atom stereocenters. The average Bonchev–Trinajstić information content (AvgIpc) is 2.76. The van der Waals surface area contributed by atoms with Crippen LogP contribution in [0.3, 0.4) is 0 Å². The first kappa shape index (κ1) is 14.7. The normalized spacial score (nSPS) is 12.6. The van der Waals surface area contributed by atoms with E-state index in [9.17, 15) is 9.18 Å². The molecule has 1 heterocycles. The number of aromatic nitrogens is 2. The Morgan fingerprint density at radius 1 is 1.60 bits per heavy atom. The highest BCUT2D eigenvalue weighted by Crippen LogP contribution is 2.21. The summed E-state index contributed by atoms with van der Waals surface area (Å²) in [5, 5.41) is 2.74. The van der Waals surface area contributed by atoms with Crippen molar-refractivity contribution in [2.24, 2.45) is 0 Å². The fourth-order valence-electron chi connectivity index (χ4n) is 2.04. The number of carbonyl (C=O) groups is 1. The van der Waals surface area contributed by atoms with E-state index in [4.69, 9.17) is 17.0 Å². The monoisotopic (exact) mass is 297 g/mol. The molecule has 0 saturated carbocycles. The second-order valence-corrected chi connectivity index (χ2v) is 4.78. The van der Waals surface area contributed by atoms with Gasteiger partial charge in [-0.2, -0.15) is 0 Å². The number of imidazole rings is 1. The van der Waals surface area contributed by atoms with Crippen LogP contribution in [-0.2, 0) is 9.53 Å². The van der Waals surface area contributed by atoms with Gasteiger partial charge < -0.3 is 19.6 Å². The van der Waals surface area contributed by atoms with E-state index in [-0.39, 0.29) is 11.7 Å². The molecule has 20 heavy (non-hydrogen) atoms. The number of halogens is 1. The smallest absolute Gasteiger partial charge is 0.242 e. The van der Waals surface area contributed by atoms with Gasteiger partial charge in [0, 0.05) is 13.7 Å². The second kappa shape index (κ2) is 6.15. The van der Waals surface area contributed by atoms with Crippen LogP contribution < -0.4 is 5.32 Å². The molecule has 2 N–H and O–H groups in total. The van der Waals surface area contributed by atoms with E-state index in [1.54, 1.807) is 30.7 Å². The third kappa shape index (κ3) is 2.73. The summed E-state index contributed by atoms with van der Waals surface area (Å²) in [6.45, 7) is 2.58. The molecule has 1 unspecified atom stereocenters. The first-order chi connectivity index (χ1) is 9.56. The Labute approximate surface area is 120 Å². The number of nitrogens with zero attached hydrogens (tertiary/aromatic N) is 1. The molecule has 1 aromatic carbocycles. The van der Waals surface area contributed by atoms with E-state index in [1.807, 2.05) is 0 Å². The number of rotatable bonds is 5. The molecule has 0 bridgehead atoms. The summed E-state index contributed by atoms with van der Waals surface area (Å²) < 4.78 is 20.5. The number of methoxy groups -OCH3 is 1. The predicted octanol–water partition coefficient (Wildman–Crippen LogP) is 2.16. The van der Waals surface area contributed by atoms with Gasteiger partial charge >= 0.3 is 0 Å². The van der Waals surface area contributed by atoms with Crippen LogP contribution >= 0.6 is 12.2 Å². The molecule has 2 rings (SSSR count). The Bertz CT molecular complexity index is 680. The lowest BCUT2D eigenvalue weighted by Crippen LogP contribution is -2.33. The van der Waals surface area contributed by atoms with Crippen molar-refractivity contribution in [3.8, 4) is 0 Å². The number of carbonyl (C=O) groups excluding carboxylic acids is 1. The van der Waals surface area contributed by atoms with Crippen LogP contribution in [0.5, 0.6) is 0 Å². The molecule has 0 aliphatic heterocycles. The zero-order valence-corrected chi connectivity index (χ0v) is 12.1. The molecule has 0 aliphatic rings. The van der Waals surface area contributed by atoms with Crippen LogP contribution in [0, 0.1) is 10.6 Å². The van der Waals surface area contributed by atoms with Gasteiger partial charge in [0.2, 0.25) is 5.91 Å². The molecule has 1 amide bonds. The second-order valence-electron chi connectivity index (χ2n) is 4.39. The number of fused-ring (bicyclic) bond motifs is 1. The number of benzene rings is 1. The van der Waals surface area contributed by atoms with Gasteiger partial charge in [0.1, 0.15) is 17.4 Å². The van der Waals surface area contributed by atoms with Gasteiger partial charge in [0.25, 0.3) is 0 Å². The Hall–Kier alpha value is -1.73. The lowest BCUT2D eigenvalue weighted by molar-refractivity contribution is -0.124. The van der Waals surface area contributed by atoms with Crippen LogP contribution in [-0.4, -0.2) is 35.7 Å². The lowest BCUT2D eigenvalue weighted by atomic mass is 10.2. The summed E-state index contributed by atoms with van der Waals surface area (Å²) in [7, 11) is 1.56. The number of nitrogens with one attached hydrogen (secondary N) is 2. The van der Waals surface area contributed by atoms with Crippen molar-refractivity contribution in [1.82, 2.24) is 14.9 Å². The van der Waals surface area contributed by atoms with Crippen LogP contribution in [0.25, 0.3) is 11.0 Å². The summed E-state index contributed by atoms with van der Waals surface area (Å²) in [4.78, 5) is 14.9. The molecule has 0 saturated heterocycles. The molecule has 5 nitrogen and oxygen atoms in total. The van der Waals surface area contributed by atoms with E-state index >= 15 is 0 Å². The fraction of sp³-hybridized carbons (Fsp3) is 0.385. The summed E-state index contributed by atoms with van der Waals surface area (Å²) in [5.41, 5.74) is 0.887. The summed E-state index contributed by atoms with van der Waals surface area (Å²) in [5.74, 6) is -0.581. The molecular formula is C13H16FN3O2S. The maximum absolute atomic E-state index is 13.7. The highest BCUT2D eigenvalue weighted by atomic mass is 32.1. The molecule has 0 radical (unpaired) electrons. The number of hydrogen-bond donors (Lipinski definition) is 2. The van der Waals surface area contributed by atoms with Crippen LogP contribution in [0.15, 0.2) is 18.2 Å². The average molecular weight is 297 g/mol. The number of aromatic amines is 1. The number of hydrogen-bond acceptors (Lipinski definition) is 3. The predicted molar refractivity (Wildman–Crippen MR) is 76.7 cm³/mol. The highest BCUT2D eigenvalue weighted by Gasteiger charge is 2.19. The topological polar surface area (TPSA) is 59.0 Å². The molecule has 108 valence electrons. The lowest BCUT2D eigenvalue weighted by Gasteiger charge is -2.14. The third-order valence-electron chi connectivity index (χ3n) is 3.07. The van der Waals surface area contributed by atoms with Crippen molar-refractivity contribution in [2.75, 3.05) is 20.3 Å². The van der Waals surface area contributed by atoms with Gasteiger partial charge in [-0.15, -0.1) is 0 Å². The minimum Gasteiger partial charge on any atom is -0.383 e. The van der Waals surface area contributed by atoms with Crippen molar-refractivity contribution in [2.45, 2.75) is 13.0 Å². The number of H-pyrrole nitrogens is 1. The van der Waals surface area contributed by atoms with Gasteiger partial charge in [0.05, 0.1) is 12.1 Å². The van der Waals surface area contributed by atoms with E-state index in [0.29, 0.717) is 29.0 Å². The number of ether oxygens (including phenoxy) is 1. The fourth-order valence-corrected chi connectivity index (χ4v) is 2.40. The van der Waals surface area contributed by atoms with Gasteiger partial charge in [-0.25, -0.2) is 4.39 Å². The maximum atomic E-state index is 13.7. The molecule has 0 fully saturated rings. The van der Waals surface area contributed by atoms with Gasteiger partial charge in [0.15, 0.2) is 4.77 Å². The largest absolute Gasteiger partial charge is 0.383 e. The third-order valence-corrected chi connectivity index (χ3v) is 3.37. The van der Waals surface area contributed by atoms with Gasteiger partial charge in [-0.05, 0) is 31.3 Å². The summed E-state index contributed by atoms with van der Waals surface area (Å²) >= 11 is 5.18. The van der Waals surface area contributed by atoms with Crippen molar-refractivity contribution >= 4 is 29.2 Å². The Balaban J connectivity index is 2.33. The van der Waals surface area contributed by atoms with Crippen molar-refractivity contribution in [1.29, 1.82) is 0 Å². The SMILES string of the molecule is COCCNC(=O)C(C)n1c(=S)[nH]c2c(F)cccc21. The zero-order valence-electron chi connectivity index (χ0n) is 11.3. The van der Waals surface area contributed by atoms with Crippen molar-refractivity contribution in [3.05, 3.63) is 28.8 Å². The Morgan fingerprint density at radius 3 is 3.05 bits per heavy atom. The van der Waals surface area contributed by atoms with Crippen LogP contribution in [0.1, 0.15) is 13.0 Å². The molecular weight excluding hydrogens is 281 g/mol. The molecule has 0 aliphatic carbocycles. The number of para-hydroxylation sites is 1. The first-order valence-electron chi connectivity index (χ1n) is 6.21. The molecule has 0 spiro atoms. The molecule has 2 aromatic rings. The van der Waals surface area contributed by atoms with Crippen LogP contribution in [0.4, 0.5) is 4.39 Å². The van der Waals surface area contributed by atoms with Crippen LogP contribution in [0.2, 0.25) is 0 Å². The zero-order chi connectivity index (χ0) is 14.7. The standard InChI is InChI=1S/C13H16FN3O2S/c1-8(12(18)15-6-7-19-2)17-10-5-3-4-9(14)11(10)16-13(17)20/h3-5,8H,6-7H2,1-2H3,(H,15,18)(H,16,20). The van der Waals surface area contributed by atoms with Crippen molar-refractivity contribution < 1.29 is 13.9 Å². The first-order valence-corrected chi connectivity index (χ1v) is 6.62. The van der Waals surface area contributed by atoms with E-state index in [2.05, 4.69) is 10.3 Å². The number of amides is 1. The van der Waals surface area contributed by atoms with E-state index in [0.717, 1.165) is 0 Å². The summed E-state index contributed by atoms with van der Waals surface area (Å²) in [6.07, 6.45) is 0. The minimum absolute atomic E-state index is 0.191. The molecule has 1 aromatic heterocycles. The quantitative estimate of drug-likeness (QED) is 0.657. The van der Waals surface area contributed by atoms with Crippen molar-refractivity contribution in [3.63, 3.8) is 0 Å². The van der Waals surface area contributed by atoms with Gasteiger partial charge in [-0.1, -0.05) is 6.07 Å². The minimum atomic E-state index is -0.532. The van der Waals surface area contributed by atoms with Gasteiger partial charge in [-0.3, -0.25) is 4.79 Å². The summed E-state index contributed by atoms with van der Waals surface area (Å²) in [6, 6.07) is 4.13. The maximum Gasteiger partial charge on any atom is 0.242 e. The molecule has 7 heteroatoms. The Kier molecular flexibility index (Phi) is 4.51. The van der Waals surface area contributed by atoms with E-state index < -0.39 is 6.04 Å².